The first kappa shape index (κ1) is 17.4. The summed E-state index contributed by atoms with van der Waals surface area (Å²) in [7, 11) is 3.51. The molecule has 0 unspecified atom stereocenters. The van der Waals surface area contributed by atoms with Gasteiger partial charge in [-0.3, -0.25) is 14.9 Å². The molecule has 0 bridgehead atoms. The van der Waals surface area contributed by atoms with Gasteiger partial charge in [-0.1, -0.05) is 30.3 Å². The maximum Gasteiger partial charge on any atom is 0.320 e. The first-order valence-electron chi connectivity index (χ1n) is 8.49. The van der Waals surface area contributed by atoms with E-state index < -0.39 is 0 Å². The van der Waals surface area contributed by atoms with Crippen molar-refractivity contribution < 1.29 is 9.53 Å². The Bertz CT molecular complexity index is 688. The van der Waals surface area contributed by atoms with Crippen LogP contribution in [-0.2, 0) is 11.8 Å². The molecule has 1 aliphatic heterocycles. The van der Waals surface area contributed by atoms with Gasteiger partial charge < -0.3 is 10.1 Å². The van der Waals surface area contributed by atoms with Crippen LogP contribution in [0.5, 0.6) is 0 Å². The number of aryl methyl sites for hydroxylation is 1. The monoisotopic (exact) mass is 343 g/mol. The number of benzene rings is 1. The third kappa shape index (κ3) is 4.37. The molecule has 0 radical (unpaired) electrons. The Morgan fingerprint density at radius 1 is 1.28 bits per heavy atom. The summed E-state index contributed by atoms with van der Waals surface area (Å²) in [6.07, 6.45) is 1.66. The summed E-state index contributed by atoms with van der Waals surface area (Å²) in [6.45, 7) is 3.27. The highest BCUT2D eigenvalue weighted by Gasteiger charge is 2.34. The van der Waals surface area contributed by atoms with Crippen molar-refractivity contribution in [3.05, 3.63) is 48.2 Å². The van der Waals surface area contributed by atoms with Crippen LogP contribution in [0.3, 0.4) is 0 Å². The molecule has 25 heavy (non-hydrogen) atoms. The summed E-state index contributed by atoms with van der Waals surface area (Å²) in [5.41, 5.74) is 1.24. The number of nitrogens with one attached hydrogen (secondary N) is 2. The van der Waals surface area contributed by atoms with Gasteiger partial charge >= 0.3 is 6.03 Å². The number of hydrogen-bond acceptors (Lipinski definition) is 4. The molecule has 2 heterocycles. The third-order valence-corrected chi connectivity index (χ3v) is 4.61. The minimum Gasteiger partial charge on any atom is -0.383 e. The van der Waals surface area contributed by atoms with Crippen LogP contribution in [0.1, 0.15) is 11.5 Å². The zero-order valence-electron chi connectivity index (χ0n) is 14.7. The summed E-state index contributed by atoms with van der Waals surface area (Å²) in [5.74, 6) is 0.929. The van der Waals surface area contributed by atoms with Gasteiger partial charge in [-0.25, -0.2) is 4.79 Å². The normalized spacial score (nSPS) is 20.6. The zero-order valence-corrected chi connectivity index (χ0v) is 14.7. The van der Waals surface area contributed by atoms with Gasteiger partial charge in [0.1, 0.15) is 5.82 Å². The van der Waals surface area contributed by atoms with Gasteiger partial charge in [-0.15, -0.1) is 0 Å². The molecule has 2 N–H and O–H groups in total. The van der Waals surface area contributed by atoms with Crippen LogP contribution in [0.15, 0.2) is 42.6 Å². The fourth-order valence-electron chi connectivity index (χ4n) is 3.29. The fraction of sp³-hybridized carbons (Fsp3) is 0.444. The molecule has 134 valence electrons. The van der Waals surface area contributed by atoms with E-state index >= 15 is 0 Å². The third-order valence-electron chi connectivity index (χ3n) is 4.61. The SMILES string of the molecule is COCCN1C[C@@H](NC(=O)Nc2ccnn2C)[C@H](c2ccccc2)C1. The Morgan fingerprint density at radius 3 is 2.76 bits per heavy atom. The predicted molar refractivity (Wildman–Crippen MR) is 96.6 cm³/mol. The van der Waals surface area contributed by atoms with E-state index in [-0.39, 0.29) is 18.0 Å². The van der Waals surface area contributed by atoms with Crippen LogP contribution in [0.2, 0.25) is 0 Å². The number of aromatic nitrogens is 2. The zero-order chi connectivity index (χ0) is 17.6. The van der Waals surface area contributed by atoms with Crippen LogP contribution < -0.4 is 10.6 Å². The molecular weight excluding hydrogens is 318 g/mol. The molecule has 7 heteroatoms. The smallest absolute Gasteiger partial charge is 0.320 e. The van der Waals surface area contributed by atoms with E-state index in [0.717, 1.165) is 19.6 Å². The molecule has 3 rings (SSSR count). The van der Waals surface area contributed by atoms with Gasteiger partial charge in [0.05, 0.1) is 18.8 Å². The quantitative estimate of drug-likeness (QED) is 0.837. The number of urea groups is 1. The maximum atomic E-state index is 12.4. The molecule has 0 spiro atoms. The Morgan fingerprint density at radius 2 is 2.08 bits per heavy atom. The van der Waals surface area contributed by atoms with Crippen molar-refractivity contribution in [3.8, 4) is 0 Å². The fourth-order valence-corrected chi connectivity index (χ4v) is 3.29. The van der Waals surface area contributed by atoms with Crippen LogP contribution in [-0.4, -0.2) is 60.1 Å². The Hall–Kier alpha value is -2.38. The number of ether oxygens (including phenoxy) is 1. The molecule has 2 atom stereocenters. The van der Waals surface area contributed by atoms with Gasteiger partial charge in [-0.2, -0.15) is 5.10 Å². The first-order chi connectivity index (χ1) is 12.2. The van der Waals surface area contributed by atoms with E-state index in [4.69, 9.17) is 4.74 Å². The summed E-state index contributed by atoms with van der Waals surface area (Å²) in [6, 6.07) is 12.0. The number of likely N-dealkylation sites (tertiary alicyclic amines) is 1. The van der Waals surface area contributed by atoms with Crippen LogP contribution >= 0.6 is 0 Å². The van der Waals surface area contributed by atoms with E-state index in [1.807, 2.05) is 18.2 Å². The lowest BCUT2D eigenvalue weighted by Crippen LogP contribution is -2.42. The van der Waals surface area contributed by atoms with E-state index in [0.29, 0.717) is 12.4 Å². The average molecular weight is 343 g/mol. The molecular formula is C18H25N5O2. The average Bonchev–Trinajstić information content (AvgIpc) is 3.20. The predicted octanol–water partition coefficient (Wildman–Crippen LogP) is 1.66. The second-order valence-corrected chi connectivity index (χ2v) is 6.31. The minimum atomic E-state index is -0.205. The molecule has 1 saturated heterocycles. The number of methoxy groups -OCH3 is 1. The number of hydrogen-bond donors (Lipinski definition) is 2. The van der Waals surface area contributed by atoms with Crippen molar-refractivity contribution in [1.29, 1.82) is 0 Å². The summed E-state index contributed by atoms with van der Waals surface area (Å²) < 4.78 is 6.83. The van der Waals surface area contributed by atoms with Crippen LogP contribution in [0.4, 0.5) is 10.6 Å². The van der Waals surface area contributed by atoms with Crippen molar-refractivity contribution >= 4 is 11.8 Å². The second-order valence-electron chi connectivity index (χ2n) is 6.31. The van der Waals surface area contributed by atoms with Crippen molar-refractivity contribution in [2.75, 3.05) is 38.7 Å². The standard InChI is InChI=1S/C18H25N5O2/c1-22-17(8-9-19-22)21-18(24)20-16-13-23(10-11-25-2)12-15(16)14-6-4-3-5-7-14/h3-9,15-16H,10-13H2,1-2H3,(H2,20,21,24)/t15-,16+/m0/s1. The molecule has 1 aromatic carbocycles. The summed E-state index contributed by atoms with van der Waals surface area (Å²) >= 11 is 0. The van der Waals surface area contributed by atoms with Crippen molar-refractivity contribution in [2.45, 2.75) is 12.0 Å². The highest BCUT2D eigenvalue weighted by Crippen LogP contribution is 2.27. The first-order valence-corrected chi connectivity index (χ1v) is 8.49. The van der Waals surface area contributed by atoms with Gasteiger partial charge in [0.15, 0.2) is 0 Å². The number of nitrogens with zero attached hydrogens (tertiary/aromatic N) is 3. The van der Waals surface area contributed by atoms with Gasteiger partial charge in [0.2, 0.25) is 0 Å². The molecule has 0 aliphatic carbocycles. The lowest BCUT2D eigenvalue weighted by atomic mass is 9.94. The number of carbonyl (C=O) groups is 1. The van der Waals surface area contributed by atoms with Gasteiger partial charge in [-0.05, 0) is 5.56 Å². The molecule has 2 aromatic rings. The molecule has 1 aromatic heterocycles. The lowest BCUT2D eigenvalue weighted by molar-refractivity contribution is 0.159. The molecule has 1 aliphatic rings. The molecule has 7 nitrogen and oxygen atoms in total. The summed E-state index contributed by atoms with van der Waals surface area (Å²) in [5, 5.41) is 10.0. The molecule has 1 fully saturated rings. The lowest BCUT2D eigenvalue weighted by Gasteiger charge is -2.20. The number of anilines is 1. The largest absolute Gasteiger partial charge is 0.383 e. The van der Waals surface area contributed by atoms with Gasteiger partial charge in [0, 0.05) is 45.8 Å². The van der Waals surface area contributed by atoms with E-state index in [1.54, 1.807) is 31.1 Å². The van der Waals surface area contributed by atoms with Crippen molar-refractivity contribution in [2.24, 2.45) is 7.05 Å². The minimum absolute atomic E-state index is 0.0486. The highest BCUT2D eigenvalue weighted by atomic mass is 16.5. The topological polar surface area (TPSA) is 71.4 Å². The van der Waals surface area contributed by atoms with Crippen molar-refractivity contribution in [3.63, 3.8) is 0 Å². The molecule has 2 amide bonds. The Labute approximate surface area is 148 Å². The van der Waals surface area contributed by atoms with Crippen molar-refractivity contribution in [1.82, 2.24) is 20.0 Å². The van der Waals surface area contributed by atoms with Crippen LogP contribution in [0, 0.1) is 0 Å². The Kier molecular flexibility index (Phi) is 5.67. The summed E-state index contributed by atoms with van der Waals surface area (Å²) in [4.78, 5) is 14.7. The second kappa shape index (κ2) is 8.13. The van der Waals surface area contributed by atoms with E-state index in [1.165, 1.54) is 5.56 Å². The Balaban J connectivity index is 1.67. The molecule has 0 saturated carbocycles. The maximum absolute atomic E-state index is 12.4. The van der Waals surface area contributed by atoms with E-state index in [9.17, 15) is 4.79 Å². The van der Waals surface area contributed by atoms with Crippen LogP contribution in [0.25, 0.3) is 0 Å². The number of carbonyl (C=O) groups excluding carboxylic acids is 1. The van der Waals surface area contributed by atoms with Gasteiger partial charge in [0.25, 0.3) is 0 Å². The number of rotatable bonds is 6. The highest BCUT2D eigenvalue weighted by molar-refractivity contribution is 5.88. The van der Waals surface area contributed by atoms with E-state index in [2.05, 4.69) is 32.8 Å². The number of amides is 2.